The van der Waals surface area contributed by atoms with Gasteiger partial charge in [0.25, 0.3) is 5.69 Å². The molecule has 1 atom stereocenters. The van der Waals surface area contributed by atoms with Gasteiger partial charge in [-0.25, -0.2) is 9.69 Å². The smallest absolute Gasteiger partial charge is 0.319 e. The number of hydrogen-bond donors (Lipinski definition) is 0. The van der Waals surface area contributed by atoms with Crippen LogP contribution in [0.2, 0.25) is 0 Å². The molecule has 1 amide bonds. The fourth-order valence-electron chi connectivity index (χ4n) is 3.06. The van der Waals surface area contributed by atoms with Crippen LogP contribution in [0.3, 0.4) is 0 Å². The lowest BCUT2D eigenvalue weighted by molar-refractivity contribution is -0.384. The molecule has 27 heavy (non-hydrogen) atoms. The third-order valence-corrected chi connectivity index (χ3v) is 4.27. The number of para-hydroxylation sites is 1. The molecule has 3 aromatic carbocycles. The molecule has 0 aromatic heterocycles. The molecule has 1 heterocycles. The molecule has 3 aromatic rings. The van der Waals surface area contributed by atoms with Crippen molar-refractivity contribution < 1.29 is 14.6 Å². The SMILES string of the molecule is O=C1ON(c2ccccc2)[C@H](c2ccccc2)N1c1cccc([N+](=O)[O-])c1. The minimum absolute atomic E-state index is 0.0923. The zero-order valence-corrected chi connectivity index (χ0v) is 14.1. The van der Waals surface area contributed by atoms with Gasteiger partial charge < -0.3 is 4.84 Å². The minimum atomic E-state index is -0.604. The lowest BCUT2D eigenvalue weighted by Gasteiger charge is -2.27. The molecule has 0 unspecified atom stereocenters. The van der Waals surface area contributed by atoms with Crippen LogP contribution >= 0.6 is 0 Å². The van der Waals surface area contributed by atoms with Gasteiger partial charge in [0.05, 0.1) is 16.3 Å². The van der Waals surface area contributed by atoms with Gasteiger partial charge in [0.15, 0.2) is 6.17 Å². The van der Waals surface area contributed by atoms with Gasteiger partial charge in [0, 0.05) is 12.1 Å². The molecule has 0 bridgehead atoms. The van der Waals surface area contributed by atoms with E-state index in [4.69, 9.17) is 4.84 Å². The lowest BCUT2D eigenvalue weighted by atomic mass is 10.1. The number of nitro groups is 1. The Morgan fingerprint density at radius 2 is 1.48 bits per heavy atom. The number of carbonyl (C=O) groups excluding carboxylic acids is 1. The Labute approximate surface area is 155 Å². The summed E-state index contributed by atoms with van der Waals surface area (Å²) in [7, 11) is 0. The second-order valence-electron chi connectivity index (χ2n) is 5.95. The van der Waals surface area contributed by atoms with E-state index in [1.807, 2.05) is 60.7 Å². The Kier molecular flexibility index (Phi) is 4.18. The van der Waals surface area contributed by atoms with E-state index >= 15 is 0 Å². The zero-order valence-electron chi connectivity index (χ0n) is 14.1. The van der Waals surface area contributed by atoms with Crippen LogP contribution in [0.25, 0.3) is 0 Å². The van der Waals surface area contributed by atoms with E-state index in [0.29, 0.717) is 11.4 Å². The summed E-state index contributed by atoms with van der Waals surface area (Å²) in [6, 6.07) is 24.6. The summed E-state index contributed by atoms with van der Waals surface area (Å²) in [5.74, 6) is 0. The van der Waals surface area contributed by atoms with E-state index in [-0.39, 0.29) is 5.69 Å². The Hall–Kier alpha value is -3.87. The first-order valence-electron chi connectivity index (χ1n) is 8.30. The van der Waals surface area contributed by atoms with Crippen LogP contribution < -0.4 is 9.96 Å². The predicted molar refractivity (Wildman–Crippen MR) is 100 cm³/mol. The highest BCUT2D eigenvalue weighted by Gasteiger charge is 2.43. The van der Waals surface area contributed by atoms with Crippen LogP contribution in [-0.4, -0.2) is 11.0 Å². The van der Waals surface area contributed by atoms with E-state index < -0.39 is 17.2 Å². The molecular weight excluding hydrogens is 346 g/mol. The molecule has 134 valence electrons. The Bertz CT molecular complexity index is 979. The second kappa shape index (κ2) is 6.80. The Morgan fingerprint density at radius 1 is 0.852 bits per heavy atom. The van der Waals surface area contributed by atoms with Crippen molar-refractivity contribution in [3.63, 3.8) is 0 Å². The number of benzene rings is 3. The highest BCUT2D eigenvalue weighted by Crippen LogP contribution is 2.40. The summed E-state index contributed by atoms with van der Waals surface area (Å²) in [5, 5.41) is 12.7. The molecule has 1 aliphatic rings. The molecule has 4 rings (SSSR count). The van der Waals surface area contributed by atoms with Crippen molar-refractivity contribution in [3.8, 4) is 0 Å². The third kappa shape index (κ3) is 3.06. The summed E-state index contributed by atoms with van der Waals surface area (Å²) in [4.78, 5) is 30.3. The molecule has 7 heteroatoms. The maximum atomic E-state index is 12.7. The van der Waals surface area contributed by atoms with Gasteiger partial charge in [0.1, 0.15) is 0 Å². The predicted octanol–water partition coefficient (Wildman–Crippen LogP) is 4.67. The molecule has 1 saturated heterocycles. The average molecular weight is 361 g/mol. The first kappa shape index (κ1) is 16.6. The molecule has 0 spiro atoms. The van der Waals surface area contributed by atoms with Crippen LogP contribution in [0.1, 0.15) is 11.7 Å². The van der Waals surface area contributed by atoms with E-state index in [9.17, 15) is 14.9 Å². The van der Waals surface area contributed by atoms with Gasteiger partial charge in [-0.2, -0.15) is 5.06 Å². The normalized spacial score (nSPS) is 16.3. The van der Waals surface area contributed by atoms with Crippen molar-refractivity contribution in [2.45, 2.75) is 6.17 Å². The van der Waals surface area contributed by atoms with E-state index in [2.05, 4.69) is 0 Å². The van der Waals surface area contributed by atoms with Gasteiger partial charge in [-0.15, -0.1) is 0 Å². The number of anilines is 2. The molecular formula is C20H15N3O4. The largest absolute Gasteiger partial charge is 0.440 e. The summed E-state index contributed by atoms with van der Waals surface area (Å²) in [5.41, 5.74) is 1.82. The molecule has 0 N–H and O–H groups in total. The summed E-state index contributed by atoms with van der Waals surface area (Å²) < 4.78 is 0. The lowest BCUT2D eigenvalue weighted by Crippen LogP contribution is -2.31. The number of non-ortho nitro benzene ring substituents is 1. The van der Waals surface area contributed by atoms with Gasteiger partial charge in [0.2, 0.25) is 0 Å². The number of nitrogens with zero attached hydrogens (tertiary/aromatic N) is 3. The van der Waals surface area contributed by atoms with Crippen LogP contribution in [0, 0.1) is 10.1 Å². The molecule has 0 saturated carbocycles. The van der Waals surface area contributed by atoms with Gasteiger partial charge >= 0.3 is 6.09 Å². The molecule has 7 nitrogen and oxygen atoms in total. The van der Waals surface area contributed by atoms with Crippen molar-refractivity contribution in [1.29, 1.82) is 0 Å². The number of carbonyl (C=O) groups is 1. The summed E-state index contributed by atoms with van der Waals surface area (Å²) in [6.45, 7) is 0. The topological polar surface area (TPSA) is 75.9 Å². The van der Waals surface area contributed by atoms with E-state index in [0.717, 1.165) is 5.56 Å². The van der Waals surface area contributed by atoms with Crippen molar-refractivity contribution in [2.75, 3.05) is 9.96 Å². The summed E-state index contributed by atoms with van der Waals surface area (Å²) in [6.07, 6.45) is -1.20. The fraction of sp³-hybridized carbons (Fsp3) is 0.0500. The number of hydrogen-bond acceptors (Lipinski definition) is 5. The van der Waals surface area contributed by atoms with Crippen molar-refractivity contribution in [3.05, 3.63) is 101 Å². The number of hydroxylamine groups is 1. The molecule has 1 aliphatic heterocycles. The van der Waals surface area contributed by atoms with Gasteiger partial charge in [-0.05, 0) is 23.8 Å². The van der Waals surface area contributed by atoms with Crippen LogP contribution in [0.4, 0.5) is 21.9 Å². The fourth-order valence-corrected chi connectivity index (χ4v) is 3.06. The minimum Gasteiger partial charge on any atom is -0.319 e. The second-order valence-corrected chi connectivity index (χ2v) is 5.95. The number of amides is 1. The summed E-state index contributed by atoms with van der Waals surface area (Å²) >= 11 is 0. The quantitative estimate of drug-likeness (QED) is 0.498. The van der Waals surface area contributed by atoms with E-state index in [1.165, 1.54) is 22.1 Å². The third-order valence-electron chi connectivity index (χ3n) is 4.27. The number of rotatable bonds is 4. The van der Waals surface area contributed by atoms with Crippen LogP contribution in [0.5, 0.6) is 0 Å². The highest BCUT2D eigenvalue weighted by atomic mass is 16.7. The first-order valence-corrected chi connectivity index (χ1v) is 8.30. The average Bonchev–Trinajstić information content (AvgIpc) is 3.06. The van der Waals surface area contributed by atoms with E-state index in [1.54, 1.807) is 12.1 Å². The number of nitro benzene ring substituents is 1. The van der Waals surface area contributed by atoms with Crippen LogP contribution in [0.15, 0.2) is 84.9 Å². The maximum absolute atomic E-state index is 12.7. The Morgan fingerprint density at radius 3 is 2.15 bits per heavy atom. The first-order chi connectivity index (χ1) is 13.1. The van der Waals surface area contributed by atoms with Gasteiger partial charge in [-0.1, -0.05) is 54.6 Å². The van der Waals surface area contributed by atoms with Crippen LogP contribution in [-0.2, 0) is 4.84 Å². The molecule has 0 aliphatic carbocycles. The highest BCUT2D eigenvalue weighted by molar-refractivity contribution is 5.92. The van der Waals surface area contributed by atoms with Crippen molar-refractivity contribution >= 4 is 23.2 Å². The molecule has 0 radical (unpaired) electrons. The van der Waals surface area contributed by atoms with Gasteiger partial charge in [-0.3, -0.25) is 10.1 Å². The zero-order chi connectivity index (χ0) is 18.8. The monoisotopic (exact) mass is 361 g/mol. The standard InChI is InChI=1S/C20H15N3O4/c24-20-21(17-12-7-13-18(14-17)23(25)26)19(15-8-3-1-4-9-15)22(27-20)16-10-5-2-6-11-16/h1-14,19H/t19-/m1/s1. The van der Waals surface area contributed by atoms with Crippen molar-refractivity contribution in [1.82, 2.24) is 0 Å². The van der Waals surface area contributed by atoms with Crippen molar-refractivity contribution in [2.24, 2.45) is 0 Å². The Balaban J connectivity index is 1.83. The maximum Gasteiger partial charge on any atom is 0.440 e. The molecule has 1 fully saturated rings.